The van der Waals surface area contributed by atoms with Gasteiger partial charge < -0.3 is 15.5 Å². The minimum absolute atomic E-state index is 0.0240. The molecule has 186 valence electrons. The second-order valence-corrected chi connectivity index (χ2v) is 10.7. The summed E-state index contributed by atoms with van der Waals surface area (Å²) in [7, 11) is 0. The molecule has 7 nitrogen and oxygen atoms in total. The van der Waals surface area contributed by atoms with Crippen LogP contribution in [0.15, 0.2) is 18.2 Å². The number of nitrogens with one attached hydrogen (secondary N) is 2. The number of benzene rings is 1. The van der Waals surface area contributed by atoms with E-state index in [1.807, 2.05) is 25.7 Å². The zero-order valence-electron chi connectivity index (χ0n) is 19.7. The molecule has 2 N–H and O–H groups in total. The van der Waals surface area contributed by atoms with Crippen molar-refractivity contribution in [3.8, 4) is 0 Å². The highest BCUT2D eigenvalue weighted by Crippen LogP contribution is 2.46. The van der Waals surface area contributed by atoms with Gasteiger partial charge in [0.1, 0.15) is 12.1 Å². The molecule has 1 aromatic carbocycles. The van der Waals surface area contributed by atoms with Crippen LogP contribution in [0.2, 0.25) is 0 Å². The summed E-state index contributed by atoms with van der Waals surface area (Å²) in [5, 5.41) is 5.34. The van der Waals surface area contributed by atoms with E-state index < -0.39 is 41.7 Å². The Morgan fingerprint density at radius 2 is 1.85 bits per heavy atom. The minimum atomic E-state index is -4.56. The van der Waals surface area contributed by atoms with Gasteiger partial charge in [-0.1, -0.05) is 20.8 Å². The molecule has 10 heteroatoms. The normalized spacial score (nSPS) is 26.8. The molecular formula is C24H31F3N4O3. The molecule has 1 aliphatic carbocycles. The van der Waals surface area contributed by atoms with E-state index in [4.69, 9.17) is 0 Å². The quantitative estimate of drug-likeness (QED) is 0.627. The van der Waals surface area contributed by atoms with Crippen LogP contribution in [0.4, 0.5) is 29.3 Å². The molecule has 1 saturated carbocycles. The fourth-order valence-corrected chi connectivity index (χ4v) is 6.03. The van der Waals surface area contributed by atoms with Crippen molar-refractivity contribution in [1.29, 1.82) is 0 Å². The van der Waals surface area contributed by atoms with Crippen molar-refractivity contribution >= 4 is 29.2 Å². The maximum Gasteiger partial charge on any atom is 0.416 e. The number of amides is 4. The summed E-state index contributed by atoms with van der Waals surface area (Å²) in [6.07, 6.45) is -0.856. The number of halogens is 3. The number of anilines is 2. The number of urea groups is 1. The van der Waals surface area contributed by atoms with Crippen LogP contribution in [0.5, 0.6) is 0 Å². The first kappa shape index (κ1) is 24.3. The van der Waals surface area contributed by atoms with Crippen LogP contribution >= 0.6 is 0 Å². The average Bonchev–Trinajstić information content (AvgIpc) is 3.29. The summed E-state index contributed by atoms with van der Waals surface area (Å²) in [6.45, 7) is 6.93. The zero-order valence-corrected chi connectivity index (χ0v) is 19.7. The molecule has 4 rings (SSSR count). The lowest BCUT2D eigenvalue weighted by atomic mass is 9.64. The van der Waals surface area contributed by atoms with Gasteiger partial charge in [-0.15, -0.1) is 0 Å². The molecule has 0 radical (unpaired) electrons. The number of hydrogen-bond acceptors (Lipinski definition) is 4. The highest BCUT2D eigenvalue weighted by molar-refractivity contribution is 6.10. The third-order valence-electron chi connectivity index (χ3n) is 6.97. The number of carbonyl (C=O) groups is 3. The lowest BCUT2D eigenvalue weighted by molar-refractivity contribution is -0.137. The first-order chi connectivity index (χ1) is 15.8. The Hall–Kier alpha value is -2.78. The van der Waals surface area contributed by atoms with Crippen LogP contribution in [0.3, 0.4) is 0 Å². The Bertz CT molecular complexity index is 1000. The average molecular weight is 481 g/mol. The monoisotopic (exact) mass is 480 g/mol. The van der Waals surface area contributed by atoms with Crippen molar-refractivity contribution in [2.24, 2.45) is 11.3 Å². The lowest BCUT2D eigenvalue weighted by Gasteiger charge is -2.43. The molecule has 2 aliphatic heterocycles. The van der Waals surface area contributed by atoms with Crippen LogP contribution in [-0.2, 0) is 15.8 Å². The molecular weight excluding hydrogens is 449 g/mol. The Labute approximate surface area is 197 Å². The number of carbonyl (C=O) groups excluding carboxylic acids is 3. The molecule has 2 heterocycles. The van der Waals surface area contributed by atoms with E-state index in [9.17, 15) is 27.6 Å². The van der Waals surface area contributed by atoms with Gasteiger partial charge in [-0.2, -0.15) is 13.2 Å². The van der Waals surface area contributed by atoms with Crippen molar-refractivity contribution in [3.05, 3.63) is 23.8 Å². The summed E-state index contributed by atoms with van der Waals surface area (Å²) < 4.78 is 39.9. The fourth-order valence-electron chi connectivity index (χ4n) is 6.03. The number of imide groups is 1. The van der Waals surface area contributed by atoms with Gasteiger partial charge in [0.15, 0.2) is 0 Å². The summed E-state index contributed by atoms with van der Waals surface area (Å²) in [6, 6.07) is 2.62. The minimum Gasteiger partial charge on any atom is -0.370 e. The molecule has 0 aromatic heterocycles. The SMILES string of the molecule is CC1CC(C)(C)CC2(C1)NC(=O)N(CC(=O)Nc1cc(C(F)(F)F)ccc1N1CCCC1)C2=O. The van der Waals surface area contributed by atoms with E-state index in [-0.39, 0.29) is 17.0 Å². The number of rotatable bonds is 4. The Kier molecular flexibility index (Phi) is 6.06. The van der Waals surface area contributed by atoms with Gasteiger partial charge in [0, 0.05) is 13.1 Å². The van der Waals surface area contributed by atoms with Gasteiger partial charge in [-0.3, -0.25) is 14.5 Å². The third kappa shape index (κ3) is 4.72. The summed E-state index contributed by atoms with van der Waals surface area (Å²) >= 11 is 0. The largest absolute Gasteiger partial charge is 0.416 e. The van der Waals surface area contributed by atoms with E-state index in [0.29, 0.717) is 31.6 Å². The van der Waals surface area contributed by atoms with Crippen LogP contribution in [0, 0.1) is 11.3 Å². The highest BCUT2D eigenvalue weighted by Gasteiger charge is 2.56. The number of alkyl halides is 3. The molecule has 2 atom stereocenters. The molecule has 4 amide bonds. The molecule has 2 saturated heterocycles. The number of nitrogens with zero attached hydrogens (tertiary/aromatic N) is 2. The lowest BCUT2D eigenvalue weighted by Crippen LogP contribution is -2.54. The smallest absolute Gasteiger partial charge is 0.370 e. The summed E-state index contributed by atoms with van der Waals surface area (Å²) in [4.78, 5) is 41.6. The standard InChI is InChI=1S/C24H31F3N4O3/c1-15-11-22(2,3)14-23(12-15)20(33)31(21(34)29-23)13-19(32)28-17-10-16(24(25,26)27)6-7-18(17)30-8-4-5-9-30/h6-7,10,15H,4-5,8-9,11-14H2,1-3H3,(H,28,32)(H,29,34). The topological polar surface area (TPSA) is 81.8 Å². The Morgan fingerprint density at radius 1 is 1.18 bits per heavy atom. The van der Waals surface area contributed by atoms with Crippen molar-refractivity contribution in [3.63, 3.8) is 0 Å². The number of hydrogen-bond donors (Lipinski definition) is 2. The van der Waals surface area contributed by atoms with Crippen LogP contribution in [0.1, 0.15) is 58.4 Å². The molecule has 0 bridgehead atoms. The predicted octanol–water partition coefficient (Wildman–Crippen LogP) is 4.38. The summed E-state index contributed by atoms with van der Waals surface area (Å²) in [5.41, 5.74) is -1.55. The van der Waals surface area contributed by atoms with Crippen molar-refractivity contribution in [1.82, 2.24) is 10.2 Å². The zero-order chi connectivity index (χ0) is 24.9. The van der Waals surface area contributed by atoms with Gasteiger partial charge in [0.2, 0.25) is 5.91 Å². The third-order valence-corrected chi connectivity index (χ3v) is 6.97. The molecule has 2 unspecified atom stereocenters. The second kappa shape index (κ2) is 8.46. The molecule has 1 aromatic rings. The van der Waals surface area contributed by atoms with E-state index in [0.717, 1.165) is 36.3 Å². The van der Waals surface area contributed by atoms with Gasteiger partial charge in [0.05, 0.1) is 16.9 Å². The van der Waals surface area contributed by atoms with Crippen LogP contribution in [0.25, 0.3) is 0 Å². The molecule has 34 heavy (non-hydrogen) atoms. The molecule has 3 aliphatic rings. The second-order valence-electron chi connectivity index (χ2n) is 10.7. The van der Waals surface area contributed by atoms with Crippen molar-refractivity contribution in [2.45, 2.75) is 64.6 Å². The van der Waals surface area contributed by atoms with Crippen molar-refractivity contribution < 1.29 is 27.6 Å². The van der Waals surface area contributed by atoms with Gasteiger partial charge in [0.25, 0.3) is 5.91 Å². The Balaban J connectivity index is 1.53. The summed E-state index contributed by atoms with van der Waals surface area (Å²) in [5.74, 6) is -0.950. The highest BCUT2D eigenvalue weighted by atomic mass is 19.4. The van der Waals surface area contributed by atoms with Gasteiger partial charge >= 0.3 is 12.2 Å². The van der Waals surface area contributed by atoms with Gasteiger partial charge in [-0.05, 0) is 61.6 Å². The molecule has 3 fully saturated rings. The maximum absolute atomic E-state index is 13.3. The fraction of sp³-hybridized carbons (Fsp3) is 0.625. The van der Waals surface area contributed by atoms with Crippen molar-refractivity contribution in [2.75, 3.05) is 29.9 Å². The van der Waals surface area contributed by atoms with E-state index in [2.05, 4.69) is 10.6 Å². The van der Waals surface area contributed by atoms with E-state index in [1.54, 1.807) is 0 Å². The van der Waals surface area contributed by atoms with Gasteiger partial charge in [-0.25, -0.2) is 4.79 Å². The maximum atomic E-state index is 13.3. The molecule has 1 spiro atoms. The van der Waals surface area contributed by atoms with Crippen LogP contribution in [-0.4, -0.2) is 47.9 Å². The Morgan fingerprint density at radius 3 is 2.47 bits per heavy atom. The predicted molar refractivity (Wildman–Crippen MR) is 121 cm³/mol. The van der Waals surface area contributed by atoms with E-state index in [1.165, 1.54) is 6.07 Å². The van der Waals surface area contributed by atoms with Crippen LogP contribution < -0.4 is 15.5 Å². The first-order valence-corrected chi connectivity index (χ1v) is 11.7. The first-order valence-electron chi connectivity index (χ1n) is 11.7. The van der Waals surface area contributed by atoms with E-state index >= 15 is 0 Å².